The van der Waals surface area contributed by atoms with E-state index in [-0.39, 0.29) is 30.4 Å². The minimum atomic E-state index is -0.355. The molecule has 102 valence electrons. The van der Waals surface area contributed by atoms with Crippen LogP contribution in [0.15, 0.2) is 18.3 Å². The van der Waals surface area contributed by atoms with Gasteiger partial charge in [-0.2, -0.15) is 0 Å². The second kappa shape index (κ2) is 5.36. The lowest BCUT2D eigenvalue weighted by molar-refractivity contribution is -0.132. The van der Waals surface area contributed by atoms with Gasteiger partial charge in [-0.1, -0.05) is 13.0 Å². The highest BCUT2D eigenvalue weighted by Crippen LogP contribution is 2.20. The van der Waals surface area contributed by atoms with E-state index in [0.717, 1.165) is 5.56 Å². The Morgan fingerprint density at radius 3 is 2.79 bits per heavy atom. The molecule has 2 amide bonds. The summed E-state index contributed by atoms with van der Waals surface area (Å²) in [4.78, 5) is 29.3. The van der Waals surface area contributed by atoms with Gasteiger partial charge in [0.05, 0.1) is 6.54 Å². The number of nitrogens with zero attached hydrogens (tertiary/aromatic N) is 2. The van der Waals surface area contributed by atoms with Crippen LogP contribution in [0.4, 0.5) is 5.82 Å². The van der Waals surface area contributed by atoms with E-state index in [9.17, 15) is 9.59 Å². The predicted molar refractivity (Wildman–Crippen MR) is 71.4 cm³/mol. The Kier molecular flexibility index (Phi) is 3.80. The van der Waals surface area contributed by atoms with Crippen LogP contribution in [-0.2, 0) is 9.59 Å². The second-order valence-electron chi connectivity index (χ2n) is 4.70. The van der Waals surface area contributed by atoms with Gasteiger partial charge in [0.2, 0.25) is 11.8 Å². The third-order valence-electron chi connectivity index (χ3n) is 3.23. The Balaban J connectivity index is 2.27. The van der Waals surface area contributed by atoms with Gasteiger partial charge in [0.25, 0.3) is 0 Å². The average molecular weight is 262 g/mol. The fourth-order valence-electron chi connectivity index (χ4n) is 2.15. The SMILES string of the molecule is CCC1C(=O)NC(=O)CN1c1ccc([C@H](C)N)cn1. The number of amides is 2. The van der Waals surface area contributed by atoms with Crippen LogP contribution < -0.4 is 16.0 Å². The molecule has 2 rings (SSSR count). The van der Waals surface area contributed by atoms with Crippen molar-refractivity contribution in [2.75, 3.05) is 11.4 Å². The average Bonchev–Trinajstić information content (AvgIpc) is 2.38. The van der Waals surface area contributed by atoms with Crippen molar-refractivity contribution in [1.82, 2.24) is 10.3 Å². The number of carbonyl (C=O) groups is 2. The summed E-state index contributed by atoms with van der Waals surface area (Å²) in [5.41, 5.74) is 6.69. The maximum absolute atomic E-state index is 11.8. The molecule has 6 nitrogen and oxygen atoms in total. The molecule has 2 atom stereocenters. The van der Waals surface area contributed by atoms with Crippen molar-refractivity contribution in [3.05, 3.63) is 23.9 Å². The zero-order valence-corrected chi connectivity index (χ0v) is 11.1. The standard InChI is InChI=1S/C13H18N4O2/c1-3-10-13(19)16-12(18)7-17(10)11-5-4-9(6-15-11)8(2)14/h4-6,8,10H,3,7,14H2,1-2H3,(H,16,18,19)/t8-,10?/m0/s1. The number of carbonyl (C=O) groups excluding carboxylic acids is 2. The molecule has 0 radical (unpaired) electrons. The molecular weight excluding hydrogens is 244 g/mol. The summed E-state index contributed by atoms with van der Waals surface area (Å²) in [5.74, 6) is 0.0593. The minimum absolute atomic E-state index is 0.0881. The predicted octanol–water partition coefficient (Wildman–Crippen LogP) is 0.343. The van der Waals surface area contributed by atoms with Gasteiger partial charge in [0.15, 0.2) is 0 Å². The zero-order valence-electron chi connectivity index (χ0n) is 11.1. The summed E-state index contributed by atoms with van der Waals surface area (Å²) in [7, 11) is 0. The van der Waals surface area contributed by atoms with E-state index in [1.165, 1.54) is 0 Å². The molecule has 2 heterocycles. The first-order valence-electron chi connectivity index (χ1n) is 6.34. The number of anilines is 1. The smallest absolute Gasteiger partial charge is 0.249 e. The molecule has 0 aromatic carbocycles. The lowest BCUT2D eigenvalue weighted by Crippen LogP contribution is -2.58. The number of piperazine rings is 1. The van der Waals surface area contributed by atoms with E-state index in [1.807, 2.05) is 19.9 Å². The Hall–Kier alpha value is -1.95. The van der Waals surface area contributed by atoms with Gasteiger partial charge in [0, 0.05) is 12.2 Å². The van der Waals surface area contributed by atoms with Crippen LogP contribution in [0.1, 0.15) is 31.9 Å². The molecule has 1 aromatic heterocycles. The molecule has 0 spiro atoms. The van der Waals surface area contributed by atoms with Crippen molar-refractivity contribution in [3.8, 4) is 0 Å². The van der Waals surface area contributed by atoms with Gasteiger partial charge in [-0.15, -0.1) is 0 Å². The molecule has 0 saturated carbocycles. The number of imide groups is 1. The molecule has 0 bridgehead atoms. The molecule has 6 heteroatoms. The van der Waals surface area contributed by atoms with Gasteiger partial charge < -0.3 is 10.6 Å². The fraction of sp³-hybridized carbons (Fsp3) is 0.462. The van der Waals surface area contributed by atoms with Gasteiger partial charge in [0.1, 0.15) is 11.9 Å². The van der Waals surface area contributed by atoms with Crippen molar-refractivity contribution in [2.24, 2.45) is 5.73 Å². The lowest BCUT2D eigenvalue weighted by atomic mass is 10.1. The van der Waals surface area contributed by atoms with Crippen LogP contribution in [0.5, 0.6) is 0 Å². The molecular formula is C13H18N4O2. The number of hydrogen-bond donors (Lipinski definition) is 2. The lowest BCUT2D eigenvalue weighted by Gasteiger charge is -2.34. The fourth-order valence-corrected chi connectivity index (χ4v) is 2.15. The van der Waals surface area contributed by atoms with Crippen molar-refractivity contribution >= 4 is 17.6 Å². The van der Waals surface area contributed by atoms with Gasteiger partial charge >= 0.3 is 0 Å². The highest BCUT2D eigenvalue weighted by Gasteiger charge is 2.33. The first kappa shape index (κ1) is 13.5. The van der Waals surface area contributed by atoms with E-state index >= 15 is 0 Å². The van der Waals surface area contributed by atoms with Crippen LogP contribution >= 0.6 is 0 Å². The molecule has 1 aliphatic heterocycles. The van der Waals surface area contributed by atoms with Crippen LogP contribution in [-0.4, -0.2) is 29.4 Å². The van der Waals surface area contributed by atoms with Crippen LogP contribution in [0.25, 0.3) is 0 Å². The second-order valence-corrected chi connectivity index (χ2v) is 4.70. The van der Waals surface area contributed by atoms with Gasteiger partial charge in [-0.25, -0.2) is 4.98 Å². The number of pyridine rings is 1. The van der Waals surface area contributed by atoms with Gasteiger partial charge in [-0.3, -0.25) is 14.9 Å². The maximum Gasteiger partial charge on any atom is 0.249 e. The molecule has 3 N–H and O–H groups in total. The summed E-state index contributed by atoms with van der Waals surface area (Å²) in [6, 6.07) is 3.23. The number of aromatic nitrogens is 1. The topological polar surface area (TPSA) is 88.3 Å². The first-order valence-corrected chi connectivity index (χ1v) is 6.34. The maximum atomic E-state index is 11.8. The van der Waals surface area contributed by atoms with Crippen LogP contribution in [0, 0.1) is 0 Å². The van der Waals surface area contributed by atoms with Crippen molar-refractivity contribution in [1.29, 1.82) is 0 Å². The van der Waals surface area contributed by atoms with Gasteiger partial charge in [-0.05, 0) is 25.0 Å². The minimum Gasteiger partial charge on any atom is -0.335 e. The van der Waals surface area contributed by atoms with E-state index in [0.29, 0.717) is 12.2 Å². The third-order valence-corrected chi connectivity index (χ3v) is 3.23. The van der Waals surface area contributed by atoms with Crippen molar-refractivity contribution < 1.29 is 9.59 Å². The summed E-state index contributed by atoms with van der Waals surface area (Å²) in [6.45, 7) is 3.93. The molecule has 0 aliphatic carbocycles. The number of hydrogen-bond acceptors (Lipinski definition) is 5. The Labute approximate surface area is 112 Å². The van der Waals surface area contributed by atoms with E-state index in [4.69, 9.17) is 5.73 Å². The molecule has 1 aromatic rings. The van der Waals surface area contributed by atoms with Crippen LogP contribution in [0.2, 0.25) is 0 Å². The molecule has 1 aliphatic rings. The van der Waals surface area contributed by atoms with Crippen LogP contribution in [0.3, 0.4) is 0 Å². The zero-order chi connectivity index (χ0) is 14.0. The first-order chi connectivity index (χ1) is 9.02. The third kappa shape index (κ3) is 2.73. The summed E-state index contributed by atoms with van der Waals surface area (Å²) >= 11 is 0. The normalized spacial score (nSPS) is 21.2. The van der Waals surface area contributed by atoms with E-state index in [1.54, 1.807) is 17.2 Å². The quantitative estimate of drug-likeness (QED) is 0.767. The highest BCUT2D eigenvalue weighted by molar-refractivity contribution is 6.04. The molecule has 1 saturated heterocycles. The number of rotatable bonds is 3. The molecule has 1 fully saturated rings. The van der Waals surface area contributed by atoms with Crippen molar-refractivity contribution in [3.63, 3.8) is 0 Å². The summed E-state index contributed by atoms with van der Waals surface area (Å²) in [5, 5.41) is 2.34. The monoisotopic (exact) mass is 262 g/mol. The van der Waals surface area contributed by atoms with Crippen molar-refractivity contribution in [2.45, 2.75) is 32.4 Å². The van der Waals surface area contributed by atoms with E-state index in [2.05, 4.69) is 10.3 Å². The molecule has 1 unspecified atom stereocenters. The Bertz CT molecular complexity index is 484. The largest absolute Gasteiger partial charge is 0.335 e. The molecule has 19 heavy (non-hydrogen) atoms. The number of nitrogens with two attached hydrogens (primary N) is 1. The Morgan fingerprint density at radius 1 is 1.53 bits per heavy atom. The van der Waals surface area contributed by atoms with E-state index < -0.39 is 0 Å². The summed E-state index contributed by atoms with van der Waals surface area (Å²) < 4.78 is 0. The number of nitrogens with one attached hydrogen (secondary N) is 1. The highest BCUT2D eigenvalue weighted by atomic mass is 16.2. The Morgan fingerprint density at radius 2 is 2.26 bits per heavy atom. The summed E-state index contributed by atoms with van der Waals surface area (Å²) in [6.07, 6.45) is 2.31.